The predicted octanol–water partition coefficient (Wildman–Crippen LogP) is 4.32. The van der Waals surface area contributed by atoms with E-state index in [1.54, 1.807) is 24.3 Å². The van der Waals surface area contributed by atoms with Crippen LogP contribution in [0.3, 0.4) is 0 Å². The standard InChI is InChI=1S/C20H16IN3O5/c1-3-8-29-19-15(21)10-13(11-18(19)28-2)9-14(12-22)20(25)23-16-6-4-5-7-17(16)24(26)27/h3-7,9-11H,1,8H2,2H3,(H,23,25)/b14-9+. The number of hydrogen-bond acceptors (Lipinski definition) is 6. The van der Waals surface area contributed by atoms with E-state index in [0.29, 0.717) is 27.2 Å². The molecule has 8 nitrogen and oxygen atoms in total. The van der Waals surface area contributed by atoms with Gasteiger partial charge in [-0.15, -0.1) is 0 Å². The first-order valence-electron chi connectivity index (χ1n) is 8.19. The Morgan fingerprint density at radius 2 is 2.14 bits per heavy atom. The third-order valence-electron chi connectivity index (χ3n) is 3.62. The van der Waals surface area contributed by atoms with Crippen molar-refractivity contribution in [2.24, 2.45) is 0 Å². The van der Waals surface area contributed by atoms with E-state index in [4.69, 9.17) is 9.47 Å². The summed E-state index contributed by atoms with van der Waals surface area (Å²) in [6, 6.07) is 10.8. The number of halogens is 1. The molecule has 148 valence electrons. The maximum absolute atomic E-state index is 12.5. The number of carbonyl (C=O) groups excluding carboxylic acids is 1. The number of nitrogens with one attached hydrogen (secondary N) is 1. The van der Waals surface area contributed by atoms with Gasteiger partial charge in [0.05, 0.1) is 15.6 Å². The first-order valence-corrected chi connectivity index (χ1v) is 9.27. The summed E-state index contributed by atoms with van der Waals surface area (Å²) in [6.07, 6.45) is 2.97. The summed E-state index contributed by atoms with van der Waals surface area (Å²) in [5, 5.41) is 22.9. The summed E-state index contributed by atoms with van der Waals surface area (Å²) in [6.45, 7) is 3.89. The number of nitriles is 1. The molecule has 0 unspecified atom stereocenters. The summed E-state index contributed by atoms with van der Waals surface area (Å²) in [5.74, 6) is 0.192. The van der Waals surface area contributed by atoms with Crippen LogP contribution in [0.5, 0.6) is 11.5 Å². The molecule has 2 rings (SSSR count). The second-order valence-electron chi connectivity index (χ2n) is 5.53. The third-order valence-corrected chi connectivity index (χ3v) is 4.42. The zero-order chi connectivity index (χ0) is 21.4. The van der Waals surface area contributed by atoms with Gasteiger partial charge in [0.15, 0.2) is 11.5 Å². The van der Waals surface area contributed by atoms with Crippen LogP contribution in [0.15, 0.2) is 54.6 Å². The molecule has 0 heterocycles. The fourth-order valence-corrected chi connectivity index (χ4v) is 3.13. The quantitative estimate of drug-likeness (QED) is 0.143. The number of anilines is 1. The molecule has 0 aliphatic carbocycles. The number of nitro groups is 1. The number of carbonyl (C=O) groups is 1. The Bertz CT molecular complexity index is 1030. The van der Waals surface area contributed by atoms with Crippen molar-refractivity contribution in [2.45, 2.75) is 0 Å². The van der Waals surface area contributed by atoms with Gasteiger partial charge in [-0.3, -0.25) is 14.9 Å². The lowest BCUT2D eigenvalue weighted by Gasteiger charge is -2.12. The maximum atomic E-state index is 12.5. The van der Waals surface area contributed by atoms with Crippen LogP contribution in [-0.2, 0) is 4.79 Å². The number of ether oxygens (including phenoxy) is 2. The summed E-state index contributed by atoms with van der Waals surface area (Å²) >= 11 is 2.05. The minimum atomic E-state index is -0.761. The van der Waals surface area contributed by atoms with E-state index in [-0.39, 0.29) is 16.9 Å². The van der Waals surface area contributed by atoms with Crippen LogP contribution in [0.4, 0.5) is 11.4 Å². The molecule has 0 radical (unpaired) electrons. The van der Waals surface area contributed by atoms with Gasteiger partial charge in [-0.25, -0.2) is 0 Å². The van der Waals surface area contributed by atoms with Crippen LogP contribution >= 0.6 is 22.6 Å². The van der Waals surface area contributed by atoms with Crippen molar-refractivity contribution in [3.8, 4) is 17.6 Å². The molecule has 9 heteroatoms. The Morgan fingerprint density at radius 3 is 2.76 bits per heavy atom. The van der Waals surface area contributed by atoms with Crippen molar-refractivity contribution in [2.75, 3.05) is 19.0 Å². The molecule has 0 bridgehead atoms. The van der Waals surface area contributed by atoms with Crippen LogP contribution < -0.4 is 14.8 Å². The highest BCUT2D eigenvalue weighted by Crippen LogP contribution is 2.34. The monoisotopic (exact) mass is 505 g/mol. The number of methoxy groups -OCH3 is 1. The molecular formula is C20H16IN3O5. The van der Waals surface area contributed by atoms with Crippen LogP contribution in [-0.4, -0.2) is 24.5 Å². The maximum Gasteiger partial charge on any atom is 0.292 e. The Hall–Kier alpha value is -3.39. The molecule has 1 amide bonds. The van der Waals surface area contributed by atoms with E-state index in [1.165, 1.54) is 31.4 Å². The number of nitrogens with zero attached hydrogens (tertiary/aromatic N) is 2. The van der Waals surface area contributed by atoms with E-state index in [0.717, 1.165) is 0 Å². The van der Waals surface area contributed by atoms with Gasteiger partial charge >= 0.3 is 0 Å². The van der Waals surface area contributed by atoms with E-state index in [2.05, 4.69) is 34.5 Å². The van der Waals surface area contributed by atoms with Gasteiger partial charge in [0.25, 0.3) is 11.6 Å². The molecule has 0 aliphatic heterocycles. The van der Waals surface area contributed by atoms with E-state index < -0.39 is 10.8 Å². The van der Waals surface area contributed by atoms with Gasteiger partial charge in [-0.2, -0.15) is 5.26 Å². The molecule has 2 aromatic rings. The molecule has 2 aromatic carbocycles. The number of rotatable bonds is 8. The molecule has 0 atom stereocenters. The lowest BCUT2D eigenvalue weighted by molar-refractivity contribution is -0.383. The number of amides is 1. The van der Waals surface area contributed by atoms with E-state index in [1.807, 2.05) is 6.07 Å². The summed E-state index contributed by atoms with van der Waals surface area (Å²) in [4.78, 5) is 23.0. The van der Waals surface area contributed by atoms with Gasteiger partial charge in [-0.1, -0.05) is 24.8 Å². The van der Waals surface area contributed by atoms with Crippen LogP contribution in [0.1, 0.15) is 5.56 Å². The Balaban J connectivity index is 2.35. The normalized spacial score (nSPS) is 10.6. The highest BCUT2D eigenvalue weighted by molar-refractivity contribution is 14.1. The zero-order valence-corrected chi connectivity index (χ0v) is 17.5. The molecule has 0 saturated carbocycles. The van der Waals surface area contributed by atoms with Gasteiger partial charge in [0.2, 0.25) is 0 Å². The molecular weight excluding hydrogens is 489 g/mol. The molecule has 0 spiro atoms. The summed E-state index contributed by atoms with van der Waals surface area (Å²) in [7, 11) is 1.48. The number of nitro benzene ring substituents is 1. The van der Waals surface area contributed by atoms with Gasteiger partial charge in [0, 0.05) is 6.07 Å². The predicted molar refractivity (Wildman–Crippen MR) is 117 cm³/mol. The molecule has 0 aromatic heterocycles. The van der Waals surface area contributed by atoms with Crippen LogP contribution in [0.2, 0.25) is 0 Å². The lowest BCUT2D eigenvalue weighted by Crippen LogP contribution is -2.14. The number of hydrogen-bond donors (Lipinski definition) is 1. The van der Waals surface area contributed by atoms with Crippen molar-refractivity contribution in [1.29, 1.82) is 5.26 Å². The SMILES string of the molecule is C=CCOc1c(I)cc(/C=C(\C#N)C(=O)Nc2ccccc2[N+](=O)[O-])cc1OC. The highest BCUT2D eigenvalue weighted by atomic mass is 127. The van der Waals surface area contributed by atoms with E-state index in [9.17, 15) is 20.2 Å². The van der Waals surface area contributed by atoms with Crippen molar-refractivity contribution in [3.05, 3.63) is 73.9 Å². The fraction of sp³-hybridized carbons (Fsp3) is 0.100. The largest absolute Gasteiger partial charge is 0.493 e. The smallest absolute Gasteiger partial charge is 0.292 e. The molecule has 0 aliphatic rings. The van der Waals surface area contributed by atoms with Gasteiger partial charge in [0.1, 0.15) is 23.9 Å². The second kappa shape index (κ2) is 10.2. The van der Waals surface area contributed by atoms with Gasteiger partial charge in [-0.05, 0) is 52.4 Å². The molecule has 0 fully saturated rings. The topological polar surface area (TPSA) is 114 Å². The van der Waals surface area contributed by atoms with Crippen molar-refractivity contribution >= 4 is 45.9 Å². The summed E-state index contributed by atoms with van der Waals surface area (Å²) < 4.78 is 11.6. The number of benzene rings is 2. The molecule has 29 heavy (non-hydrogen) atoms. The fourth-order valence-electron chi connectivity index (χ4n) is 2.35. The molecule has 0 saturated heterocycles. The average molecular weight is 505 g/mol. The zero-order valence-electron chi connectivity index (χ0n) is 15.3. The Labute approximate surface area is 180 Å². The average Bonchev–Trinajstić information content (AvgIpc) is 2.70. The van der Waals surface area contributed by atoms with Crippen molar-refractivity contribution in [3.63, 3.8) is 0 Å². The highest BCUT2D eigenvalue weighted by Gasteiger charge is 2.18. The molecule has 1 N–H and O–H groups in total. The Kier molecular flexibility index (Phi) is 7.73. The number of para-hydroxylation sites is 2. The summed E-state index contributed by atoms with van der Waals surface area (Å²) in [5.41, 5.74) is 0.0503. The van der Waals surface area contributed by atoms with Crippen LogP contribution in [0.25, 0.3) is 6.08 Å². The Morgan fingerprint density at radius 1 is 1.41 bits per heavy atom. The van der Waals surface area contributed by atoms with E-state index >= 15 is 0 Å². The van der Waals surface area contributed by atoms with Gasteiger partial charge < -0.3 is 14.8 Å². The second-order valence-corrected chi connectivity index (χ2v) is 6.69. The third kappa shape index (κ3) is 5.55. The minimum Gasteiger partial charge on any atom is -0.493 e. The lowest BCUT2D eigenvalue weighted by atomic mass is 10.1. The first kappa shape index (κ1) is 21.9. The minimum absolute atomic E-state index is 0.00369. The van der Waals surface area contributed by atoms with Crippen LogP contribution in [0, 0.1) is 25.0 Å². The first-order chi connectivity index (χ1) is 13.9. The van der Waals surface area contributed by atoms with Crippen molar-refractivity contribution in [1.82, 2.24) is 0 Å². The van der Waals surface area contributed by atoms with Crippen molar-refractivity contribution < 1.29 is 19.2 Å².